The predicted molar refractivity (Wildman–Crippen MR) is 44.0 cm³/mol. The molecule has 0 bridgehead atoms. The van der Waals surface area contributed by atoms with Gasteiger partial charge in [0.15, 0.2) is 5.76 Å². The first-order valence-corrected chi connectivity index (χ1v) is 4.23. The molecule has 0 aliphatic heterocycles. The molecule has 0 aliphatic rings. The van der Waals surface area contributed by atoms with Crippen LogP contribution in [0.1, 0.15) is 17.9 Å². The van der Waals surface area contributed by atoms with Gasteiger partial charge in [-0.3, -0.25) is 4.79 Å². The maximum absolute atomic E-state index is 12.0. The van der Waals surface area contributed by atoms with E-state index in [1.54, 1.807) is 0 Å². The van der Waals surface area contributed by atoms with Crippen molar-refractivity contribution >= 4 is 17.5 Å². The Morgan fingerprint density at radius 3 is 2.93 bits per heavy atom. The van der Waals surface area contributed by atoms with Gasteiger partial charge in [0.2, 0.25) is 5.91 Å². The summed E-state index contributed by atoms with van der Waals surface area (Å²) in [5.41, 5.74) is -0.444. The zero-order valence-electron chi connectivity index (χ0n) is 6.97. The maximum Gasteiger partial charge on any atom is 0.283 e. The third kappa shape index (κ3) is 2.95. The number of carbonyl (C=O) groups is 1. The van der Waals surface area contributed by atoms with Crippen LogP contribution in [0.2, 0.25) is 0 Å². The molecule has 1 N–H and O–H groups in total. The van der Waals surface area contributed by atoms with E-state index in [9.17, 15) is 13.6 Å². The molecule has 78 valence electrons. The molecule has 0 aromatic carbocycles. The molecule has 1 amide bonds. The van der Waals surface area contributed by atoms with E-state index >= 15 is 0 Å². The van der Waals surface area contributed by atoms with Gasteiger partial charge in [0, 0.05) is 6.07 Å². The standard InChI is InChI=1S/C7H7ClF2N2O2/c8-2-6(13)11-3-4-1-5(7(9)10)12-14-4/h1,7H,2-3H2,(H,11,13). The molecule has 0 unspecified atom stereocenters. The summed E-state index contributed by atoms with van der Waals surface area (Å²) in [7, 11) is 0. The molecule has 0 aliphatic carbocycles. The highest BCUT2D eigenvalue weighted by Gasteiger charge is 2.13. The summed E-state index contributed by atoms with van der Waals surface area (Å²) < 4.78 is 28.6. The van der Waals surface area contributed by atoms with Crippen molar-refractivity contribution in [2.45, 2.75) is 13.0 Å². The molecule has 14 heavy (non-hydrogen) atoms. The van der Waals surface area contributed by atoms with Crippen LogP contribution in [0.4, 0.5) is 8.78 Å². The van der Waals surface area contributed by atoms with Gasteiger partial charge in [-0.25, -0.2) is 8.78 Å². The molecule has 1 aromatic heterocycles. The normalized spacial score (nSPS) is 10.6. The van der Waals surface area contributed by atoms with Crippen molar-refractivity contribution in [3.8, 4) is 0 Å². The second kappa shape index (κ2) is 4.90. The number of rotatable bonds is 4. The second-order valence-electron chi connectivity index (χ2n) is 2.43. The van der Waals surface area contributed by atoms with Crippen LogP contribution in [0.5, 0.6) is 0 Å². The SMILES string of the molecule is O=C(CCl)NCc1cc(C(F)F)no1. The summed E-state index contributed by atoms with van der Waals surface area (Å²) in [4.78, 5) is 10.7. The lowest BCUT2D eigenvalue weighted by Gasteiger charge is -1.96. The number of nitrogens with zero attached hydrogens (tertiary/aromatic N) is 1. The van der Waals surface area contributed by atoms with Crippen molar-refractivity contribution in [1.29, 1.82) is 0 Å². The van der Waals surface area contributed by atoms with Gasteiger partial charge in [0.1, 0.15) is 11.6 Å². The number of aromatic nitrogens is 1. The number of halogens is 3. The largest absolute Gasteiger partial charge is 0.359 e. The second-order valence-corrected chi connectivity index (χ2v) is 2.70. The number of carbonyl (C=O) groups excluding carboxylic acids is 1. The van der Waals surface area contributed by atoms with E-state index in [-0.39, 0.29) is 18.2 Å². The number of amides is 1. The van der Waals surface area contributed by atoms with Crippen LogP contribution in [-0.2, 0) is 11.3 Å². The van der Waals surface area contributed by atoms with E-state index in [2.05, 4.69) is 15.0 Å². The predicted octanol–water partition coefficient (Wildman–Crippen LogP) is 1.47. The molecular weight excluding hydrogens is 218 g/mol. The first-order valence-electron chi connectivity index (χ1n) is 3.69. The van der Waals surface area contributed by atoms with Gasteiger partial charge >= 0.3 is 0 Å². The van der Waals surface area contributed by atoms with Crippen molar-refractivity contribution < 1.29 is 18.1 Å². The summed E-state index contributed by atoms with van der Waals surface area (Å²) in [5.74, 6) is -0.420. The Labute approximate surface area is 83.2 Å². The quantitative estimate of drug-likeness (QED) is 0.788. The first kappa shape index (κ1) is 10.9. The van der Waals surface area contributed by atoms with Crippen molar-refractivity contribution in [1.82, 2.24) is 10.5 Å². The van der Waals surface area contributed by atoms with Gasteiger partial charge in [-0.2, -0.15) is 0 Å². The molecule has 0 fully saturated rings. The molecule has 1 aromatic rings. The Bertz CT molecular complexity index is 316. The first-order chi connectivity index (χ1) is 6.63. The van der Waals surface area contributed by atoms with E-state index in [0.29, 0.717) is 0 Å². The fourth-order valence-corrected chi connectivity index (χ4v) is 0.843. The van der Waals surface area contributed by atoms with Gasteiger partial charge in [-0.1, -0.05) is 5.16 Å². The zero-order chi connectivity index (χ0) is 10.6. The van der Waals surface area contributed by atoms with Crippen molar-refractivity contribution in [3.63, 3.8) is 0 Å². The molecule has 0 radical (unpaired) electrons. The van der Waals surface area contributed by atoms with Crippen molar-refractivity contribution in [2.24, 2.45) is 0 Å². The van der Waals surface area contributed by atoms with Gasteiger partial charge in [0.25, 0.3) is 6.43 Å². The van der Waals surface area contributed by atoms with Crippen molar-refractivity contribution in [2.75, 3.05) is 5.88 Å². The minimum atomic E-state index is -2.67. The minimum absolute atomic E-state index is 0.00523. The van der Waals surface area contributed by atoms with Gasteiger partial charge in [-0.15, -0.1) is 11.6 Å². The summed E-state index contributed by atoms with van der Waals surface area (Å²) in [6.45, 7) is 0.00523. The fourth-order valence-electron chi connectivity index (χ4n) is 0.748. The molecule has 0 spiro atoms. The number of hydrogen-bond acceptors (Lipinski definition) is 3. The molecule has 1 heterocycles. The molecule has 4 nitrogen and oxygen atoms in total. The van der Waals surface area contributed by atoms with E-state index in [0.717, 1.165) is 6.07 Å². The van der Waals surface area contributed by atoms with Crippen LogP contribution in [0.3, 0.4) is 0 Å². The molecular formula is C7H7ClF2N2O2. The highest BCUT2D eigenvalue weighted by Crippen LogP contribution is 2.17. The average Bonchev–Trinajstić information content (AvgIpc) is 2.62. The van der Waals surface area contributed by atoms with Crippen LogP contribution in [0.15, 0.2) is 10.6 Å². The van der Waals surface area contributed by atoms with Crippen LogP contribution in [0.25, 0.3) is 0 Å². The van der Waals surface area contributed by atoms with Crippen LogP contribution < -0.4 is 5.32 Å². The lowest BCUT2D eigenvalue weighted by atomic mass is 10.3. The third-order valence-corrected chi connectivity index (χ3v) is 1.62. The topological polar surface area (TPSA) is 55.1 Å². The van der Waals surface area contributed by atoms with Gasteiger partial charge < -0.3 is 9.84 Å². The van der Waals surface area contributed by atoms with E-state index < -0.39 is 18.0 Å². The zero-order valence-corrected chi connectivity index (χ0v) is 7.72. The lowest BCUT2D eigenvalue weighted by Crippen LogP contribution is -2.23. The molecule has 0 saturated carbocycles. The Hall–Kier alpha value is -1.17. The van der Waals surface area contributed by atoms with Gasteiger partial charge in [-0.05, 0) is 0 Å². The fraction of sp³-hybridized carbons (Fsp3) is 0.429. The summed E-state index contributed by atoms with van der Waals surface area (Å²) in [5, 5.41) is 5.46. The molecule has 1 rings (SSSR count). The van der Waals surface area contributed by atoms with Gasteiger partial charge in [0.05, 0.1) is 6.54 Å². The van der Waals surface area contributed by atoms with E-state index in [4.69, 9.17) is 11.6 Å². The molecule has 0 saturated heterocycles. The third-order valence-electron chi connectivity index (χ3n) is 1.38. The van der Waals surface area contributed by atoms with E-state index in [1.165, 1.54) is 0 Å². The number of hydrogen-bond donors (Lipinski definition) is 1. The number of nitrogens with one attached hydrogen (secondary N) is 1. The smallest absolute Gasteiger partial charge is 0.283 e. The Morgan fingerprint density at radius 2 is 2.43 bits per heavy atom. The van der Waals surface area contributed by atoms with Crippen LogP contribution >= 0.6 is 11.6 Å². The minimum Gasteiger partial charge on any atom is -0.359 e. The summed E-state index contributed by atoms with van der Waals surface area (Å²) >= 11 is 5.20. The maximum atomic E-state index is 12.0. The molecule has 7 heteroatoms. The molecule has 0 atom stereocenters. The van der Waals surface area contributed by atoms with E-state index in [1.807, 2.05) is 0 Å². The Kier molecular flexibility index (Phi) is 3.82. The number of alkyl halides is 3. The van der Waals surface area contributed by atoms with Crippen molar-refractivity contribution in [3.05, 3.63) is 17.5 Å². The monoisotopic (exact) mass is 224 g/mol. The average molecular weight is 225 g/mol. The Balaban J connectivity index is 2.48. The van der Waals surface area contributed by atoms with Crippen LogP contribution in [0, 0.1) is 0 Å². The highest BCUT2D eigenvalue weighted by atomic mass is 35.5. The van der Waals surface area contributed by atoms with Crippen LogP contribution in [-0.4, -0.2) is 16.9 Å². The lowest BCUT2D eigenvalue weighted by molar-refractivity contribution is -0.118. The highest BCUT2D eigenvalue weighted by molar-refractivity contribution is 6.27. The summed E-state index contributed by atoms with van der Waals surface area (Å²) in [6.07, 6.45) is -2.67. The Morgan fingerprint density at radius 1 is 1.71 bits per heavy atom. The summed E-state index contributed by atoms with van der Waals surface area (Å²) in [6, 6.07) is 1.08.